The molecule has 20 heavy (non-hydrogen) atoms. The Morgan fingerprint density at radius 2 is 2.15 bits per heavy atom. The Balaban J connectivity index is 1.86. The monoisotopic (exact) mass is 276 g/mol. The number of nitrogens with one attached hydrogen (secondary N) is 2. The van der Waals surface area contributed by atoms with E-state index in [0.29, 0.717) is 18.3 Å². The number of likely N-dealkylation sites (tertiary alicyclic amines) is 1. The summed E-state index contributed by atoms with van der Waals surface area (Å²) in [7, 11) is 0. The number of anilines is 1. The van der Waals surface area contributed by atoms with E-state index in [1.54, 1.807) is 6.07 Å². The third-order valence-corrected chi connectivity index (χ3v) is 3.66. The van der Waals surface area contributed by atoms with Crippen molar-refractivity contribution in [2.45, 2.75) is 32.7 Å². The average molecular weight is 276 g/mol. The van der Waals surface area contributed by atoms with E-state index < -0.39 is 0 Å². The molecule has 1 amide bonds. The Kier molecular flexibility index (Phi) is 5.35. The zero-order valence-corrected chi connectivity index (χ0v) is 12.4. The first kappa shape index (κ1) is 14.8. The number of aromatic nitrogens is 1. The van der Waals surface area contributed by atoms with Gasteiger partial charge in [-0.2, -0.15) is 0 Å². The molecule has 0 aromatic carbocycles. The number of nitrogens with zero attached hydrogens (tertiary/aromatic N) is 2. The Morgan fingerprint density at radius 1 is 1.40 bits per heavy atom. The molecule has 1 aliphatic heterocycles. The van der Waals surface area contributed by atoms with Gasteiger partial charge in [0.25, 0.3) is 5.91 Å². The van der Waals surface area contributed by atoms with Crippen LogP contribution in [-0.4, -0.2) is 48.0 Å². The van der Waals surface area contributed by atoms with Crippen LogP contribution < -0.4 is 10.6 Å². The minimum atomic E-state index is -0.101. The summed E-state index contributed by atoms with van der Waals surface area (Å²) >= 11 is 0. The van der Waals surface area contributed by atoms with E-state index in [1.807, 2.05) is 19.1 Å². The molecule has 2 heterocycles. The van der Waals surface area contributed by atoms with E-state index in [1.165, 1.54) is 12.8 Å². The molecule has 110 valence electrons. The predicted octanol–water partition coefficient (Wildman–Crippen LogP) is 1.73. The average Bonchev–Trinajstić information content (AvgIpc) is 2.99. The third-order valence-electron chi connectivity index (χ3n) is 3.66. The van der Waals surface area contributed by atoms with Gasteiger partial charge >= 0.3 is 0 Å². The van der Waals surface area contributed by atoms with Gasteiger partial charge in [0.15, 0.2) is 0 Å². The SMILES string of the molecule is CCNc1cccc(C(=O)NCC(C)N2CCCC2)n1. The molecule has 1 atom stereocenters. The van der Waals surface area contributed by atoms with Crippen molar-refractivity contribution in [3.63, 3.8) is 0 Å². The van der Waals surface area contributed by atoms with Crippen LogP contribution in [0.3, 0.4) is 0 Å². The van der Waals surface area contributed by atoms with Gasteiger partial charge in [-0.3, -0.25) is 9.69 Å². The summed E-state index contributed by atoms with van der Waals surface area (Å²) in [5.41, 5.74) is 0.470. The van der Waals surface area contributed by atoms with Gasteiger partial charge in [-0.25, -0.2) is 4.98 Å². The van der Waals surface area contributed by atoms with Crippen molar-refractivity contribution < 1.29 is 4.79 Å². The smallest absolute Gasteiger partial charge is 0.270 e. The first-order valence-corrected chi connectivity index (χ1v) is 7.44. The molecule has 0 aliphatic carbocycles. The van der Waals surface area contributed by atoms with E-state index in [0.717, 1.165) is 25.5 Å². The van der Waals surface area contributed by atoms with Gasteiger partial charge in [-0.15, -0.1) is 0 Å². The van der Waals surface area contributed by atoms with Crippen LogP contribution in [0.1, 0.15) is 37.2 Å². The van der Waals surface area contributed by atoms with E-state index in [-0.39, 0.29) is 5.91 Å². The maximum Gasteiger partial charge on any atom is 0.270 e. The van der Waals surface area contributed by atoms with Gasteiger partial charge in [0.2, 0.25) is 0 Å². The molecular weight excluding hydrogens is 252 g/mol. The molecule has 1 aromatic heterocycles. The molecule has 5 heteroatoms. The summed E-state index contributed by atoms with van der Waals surface area (Å²) in [6.45, 7) is 7.92. The lowest BCUT2D eigenvalue weighted by Gasteiger charge is -2.23. The molecule has 2 rings (SSSR count). The largest absolute Gasteiger partial charge is 0.370 e. The van der Waals surface area contributed by atoms with E-state index >= 15 is 0 Å². The fraction of sp³-hybridized carbons (Fsp3) is 0.600. The molecule has 0 saturated carbocycles. The summed E-state index contributed by atoms with van der Waals surface area (Å²) in [6, 6.07) is 5.85. The maximum atomic E-state index is 12.1. The number of pyridine rings is 1. The maximum absolute atomic E-state index is 12.1. The lowest BCUT2D eigenvalue weighted by atomic mass is 10.2. The first-order chi connectivity index (χ1) is 9.70. The highest BCUT2D eigenvalue weighted by atomic mass is 16.1. The normalized spacial score (nSPS) is 16.9. The number of hydrogen-bond donors (Lipinski definition) is 2. The Morgan fingerprint density at radius 3 is 2.85 bits per heavy atom. The first-order valence-electron chi connectivity index (χ1n) is 7.44. The van der Waals surface area contributed by atoms with E-state index in [2.05, 4.69) is 27.4 Å². The number of carbonyl (C=O) groups excluding carboxylic acids is 1. The molecule has 5 nitrogen and oxygen atoms in total. The van der Waals surface area contributed by atoms with Crippen molar-refractivity contribution in [2.75, 3.05) is 31.5 Å². The summed E-state index contributed by atoms with van der Waals surface area (Å²) in [5.74, 6) is 0.642. The second-order valence-corrected chi connectivity index (χ2v) is 5.24. The van der Waals surface area contributed by atoms with Crippen molar-refractivity contribution in [3.05, 3.63) is 23.9 Å². The molecular formula is C15H24N4O. The second kappa shape index (κ2) is 7.24. The molecule has 1 aliphatic rings. The van der Waals surface area contributed by atoms with Crippen LogP contribution >= 0.6 is 0 Å². The molecule has 2 N–H and O–H groups in total. The molecule has 1 fully saturated rings. The highest BCUT2D eigenvalue weighted by Crippen LogP contribution is 2.11. The van der Waals surface area contributed by atoms with E-state index in [9.17, 15) is 4.79 Å². The zero-order valence-electron chi connectivity index (χ0n) is 12.4. The van der Waals surface area contributed by atoms with Crippen LogP contribution in [0.25, 0.3) is 0 Å². The molecule has 1 saturated heterocycles. The summed E-state index contributed by atoms with van der Waals surface area (Å²) < 4.78 is 0. The Bertz CT molecular complexity index is 443. The van der Waals surface area contributed by atoms with Crippen molar-refractivity contribution in [1.82, 2.24) is 15.2 Å². The summed E-state index contributed by atoms with van der Waals surface area (Å²) in [6.07, 6.45) is 2.54. The number of amides is 1. The van der Waals surface area contributed by atoms with Gasteiger partial charge in [0.05, 0.1) is 0 Å². The fourth-order valence-electron chi connectivity index (χ4n) is 2.48. The fourth-order valence-corrected chi connectivity index (χ4v) is 2.48. The van der Waals surface area contributed by atoms with Crippen molar-refractivity contribution in [2.24, 2.45) is 0 Å². The lowest BCUT2D eigenvalue weighted by molar-refractivity contribution is 0.0935. The van der Waals surface area contributed by atoms with Crippen LogP contribution in [0.15, 0.2) is 18.2 Å². The van der Waals surface area contributed by atoms with Gasteiger partial charge < -0.3 is 10.6 Å². The molecule has 0 radical (unpaired) electrons. The van der Waals surface area contributed by atoms with Crippen LogP contribution in [0.2, 0.25) is 0 Å². The van der Waals surface area contributed by atoms with Crippen molar-refractivity contribution in [3.8, 4) is 0 Å². The van der Waals surface area contributed by atoms with Crippen LogP contribution in [-0.2, 0) is 0 Å². The molecule has 1 aromatic rings. The van der Waals surface area contributed by atoms with Crippen LogP contribution in [0.5, 0.6) is 0 Å². The summed E-state index contributed by atoms with van der Waals surface area (Å²) in [4.78, 5) is 18.8. The Hall–Kier alpha value is -1.62. The van der Waals surface area contributed by atoms with Gasteiger partial charge in [-0.05, 0) is 51.9 Å². The van der Waals surface area contributed by atoms with Gasteiger partial charge in [-0.1, -0.05) is 6.07 Å². The second-order valence-electron chi connectivity index (χ2n) is 5.24. The minimum absolute atomic E-state index is 0.101. The lowest BCUT2D eigenvalue weighted by Crippen LogP contribution is -2.40. The zero-order chi connectivity index (χ0) is 14.4. The number of hydrogen-bond acceptors (Lipinski definition) is 4. The summed E-state index contributed by atoms with van der Waals surface area (Å²) in [5, 5.41) is 6.09. The van der Waals surface area contributed by atoms with Crippen LogP contribution in [0, 0.1) is 0 Å². The number of rotatable bonds is 6. The van der Waals surface area contributed by atoms with Crippen molar-refractivity contribution in [1.29, 1.82) is 0 Å². The highest BCUT2D eigenvalue weighted by molar-refractivity contribution is 5.92. The van der Waals surface area contributed by atoms with E-state index in [4.69, 9.17) is 0 Å². The van der Waals surface area contributed by atoms with Crippen molar-refractivity contribution >= 4 is 11.7 Å². The van der Waals surface area contributed by atoms with Gasteiger partial charge in [0.1, 0.15) is 11.5 Å². The minimum Gasteiger partial charge on any atom is -0.370 e. The third kappa shape index (κ3) is 3.93. The highest BCUT2D eigenvalue weighted by Gasteiger charge is 2.18. The molecule has 1 unspecified atom stereocenters. The standard InChI is InChI=1S/C15H24N4O/c1-3-16-14-8-6-7-13(18-14)15(20)17-11-12(2)19-9-4-5-10-19/h6-8,12H,3-5,9-11H2,1-2H3,(H,16,18)(H,17,20). The van der Waals surface area contributed by atoms with Crippen LogP contribution in [0.4, 0.5) is 5.82 Å². The Labute approximate surface area is 120 Å². The molecule has 0 spiro atoms. The number of carbonyl (C=O) groups is 1. The topological polar surface area (TPSA) is 57.3 Å². The van der Waals surface area contributed by atoms with Gasteiger partial charge in [0, 0.05) is 19.1 Å². The quantitative estimate of drug-likeness (QED) is 0.831. The predicted molar refractivity (Wildman–Crippen MR) is 81.0 cm³/mol. The molecule has 0 bridgehead atoms.